The molecule has 4 N–H and O–H groups in total. The summed E-state index contributed by atoms with van der Waals surface area (Å²) in [6.07, 6.45) is 2.48. The Balaban J connectivity index is 2.04. The van der Waals surface area contributed by atoms with E-state index < -0.39 is 10.0 Å². The largest absolute Gasteiger partial charge is 0.308 e. The van der Waals surface area contributed by atoms with Gasteiger partial charge in [-0.2, -0.15) is 11.8 Å². The molecule has 8 heteroatoms. The van der Waals surface area contributed by atoms with Gasteiger partial charge in [0.2, 0.25) is 10.0 Å². The Morgan fingerprint density at radius 3 is 3.06 bits per heavy atom. The number of thioether (sulfide) groups is 1. The smallest absolute Gasteiger partial charge is 0.240 e. The summed E-state index contributed by atoms with van der Waals surface area (Å²) < 4.78 is 26.7. The van der Waals surface area contributed by atoms with Crippen molar-refractivity contribution in [2.45, 2.75) is 11.3 Å². The Morgan fingerprint density at radius 1 is 1.56 bits per heavy atom. The quantitative estimate of drug-likeness (QED) is 0.536. The first-order valence-corrected chi connectivity index (χ1v) is 8.25. The van der Waals surface area contributed by atoms with E-state index in [1.807, 2.05) is 11.8 Å². The topological polar surface area (TPSA) is 97.1 Å². The van der Waals surface area contributed by atoms with E-state index in [-0.39, 0.29) is 4.90 Å². The number of hydrazine groups is 1. The number of nitrogens with two attached hydrogens (primary N) is 1. The van der Waals surface area contributed by atoms with E-state index >= 15 is 0 Å². The van der Waals surface area contributed by atoms with Crippen molar-refractivity contribution in [3.05, 3.63) is 18.3 Å². The molecule has 1 aliphatic rings. The molecule has 0 amide bonds. The summed E-state index contributed by atoms with van der Waals surface area (Å²) in [5, 5.41) is 0. The van der Waals surface area contributed by atoms with Crippen LogP contribution in [0.5, 0.6) is 0 Å². The van der Waals surface area contributed by atoms with Gasteiger partial charge in [0.15, 0.2) is 0 Å². The number of rotatable bonds is 5. The Labute approximate surface area is 111 Å². The zero-order valence-electron chi connectivity index (χ0n) is 9.80. The van der Waals surface area contributed by atoms with Crippen molar-refractivity contribution in [3.63, 3.8) is 0 Å². The van der Waals surface area contributed by atoms with Gasteiger partial charge in [-0.3, -0.25) is 0 Å². The minimum Gasteiger partial charge on any atom is -0.308 e. The van der Waals surface area contributed by atoms with Gasteiger partial charge in [-0.15, -0.1) is 0 Å². The van der Waals surface area contributed by atoms with Gasteiger partial charge in [0.25, 0.3) is 0 Å². The monoisotopic (exact) mass is 288 g/mol. The second-order valence-corrected chi connectivity index (χ2v) is 7.02. The maximum Gasteiger partial charge on any atom is 0.240 e. The highest BCUT2D eigenvalue weighted by atomic mass is 32.2. The number of nitrogen functional groups attached to an aromatic ring is 1. The predicted molar refractivity (Wildman–Crippen MR) is 72.7 cm³/mol. The van der Waals surface area contributed by atoms with Crippen LogP contribution in [-0.4, -0.2) is 31.5 Å². The molecule has 0 saturated carbocycles. The van der Waals surface area contributed by atoms with Crippen LogP contribution in [0, 0.1) is 5.92 Å². The summed E-state index contributed by atoms with van der Waals surface area (Å²) in [6.45, 7) is 0.489. The van der Waals surface area contributed by atoms with Gasteiger partial charge in [0, 0.05) is 18.8 Å². The zero-order valence-corrected chi connectivity index (χ0v) is 11.4. The molecule has 6 nitrogen and oxygen atoms in total. The molecular formula is C10H16N4O2S2. The lowest BCUT2D eigenvalue weighted by Crippen LogP contribution is -2.29. The molecule has 1 fully saturated rings. The van der Waals surface area contributed by atoms with E-state index in [0.717, 1.165) is 17.9 Å². The molecule has 1 unspecified atom stereocenters. The van der Waals surface area contributed by atoms with E-state index in [4.69, 9.17) is 5.84 Å². The lowest BCUT2D eigenvalue weighted by Gasteiger charge is -2.11. The summed E-state index contributed by atoms with van der Waals surface area (Å²) in [7, 11) is -3.48. The zero-order chi connectivity index (χ0) is 13.0. The highest BCUT2D eigenvalue weighted by molar-refractivity contribution is 7.99. The average Bonchev–Trinajstić information content (AvgIpc) is 2.90. The first-order chi connectivity index (χ1) is 8.62. The van der Waals surface area contributed by atoms with Crippen molar-refractivity contribution in [3.8, 4) is 0 Å². The Bertz CT molecular complexity index is 500. The van der Waals surface area contributed by atoms with E-state index in [1.165, 1.54) is 18.3 Å². The molecule has 0 radical (unpaired) electrons. The van der Waals surface area contributed by atoms with Gasteiger partial charge in [-0.1, -0.05) is 0 Å². The number of aromatic nitrogens is 1. The van der Waals surface area contributed by atoms with Crippen molar-refractivity contribution in [2.75, 3.05) is 23.5 Å². The minimum atomic E-state index is -3.48. The molecule has 1 aliphatic heterocycles. The van der Waals surface area contributed by atoms with Crippen LogP contribution in [0.3, 0.4) is 0 Å². The van der Waals surface area contributed by atoms with E-state index in [9.17, 15) is 8.42 Å². The molecule has 0 aliphatic carbocycles. The third kappa shape index (κ3) is 3.35. The lowest BCUT2D eigenvalue weighted by atomic mass is 10.1. The van der Waals surface area contributed by atoms with E-state index in [2.05, 4.69) is 15.1 Å². The molecule has 0 bridgehead atoms. The molecule has 1 aromatic rings. The van der Waals surface area contributed by atoms with E-state index in [1.54, 1.807) is 0 Å². The van der Waals surface area contributed by atoms with Crippen LogP contribution in [0.4, 0.5) is 5.82 Å². The summed E-state index contributed by atoms with van der Waals surface area (Å²) in [4.78, 5) is 4.05. The molecule has 1 aromatic heterocycles. The second kappa shape index (κ2) is 5.87. The van der Waals surface area contributed by atoms with Crippen molar-refractivity contribution < 1.29 is 8.42 Å². The van der Waals surface area contributed by atoms with Gasteiger partial charge in [0.05, 0.1) is 4.90 Å². The number of sulfonamides is 1. The molecule has 18 heavy (non-hydrogen) atoms. The molecule has 1 saturated heterocycles. The minimum absolute atomic E-state index is 0.177. The Morgan fingerprint density at radius 2 is 2.39 bits per heavy atom. The summed E-state index contributed by atoms with van der Waals surface area (Å²) in [5.41, 5.74) is 2.33. The highest BCUT2D eigenvalue weighted by Gasteiger charge is 2.20. The number of nitrogens with one attached hydrogen (secondary N) is 2. The van der Waals surface area contributed by atoms with Crippen molar-refractivity contribution in [1.82, 2.24) is 9.71 Å². The first-order valence-electron chi connectivity index (χ1n) is 5.62. The van der Waals surface area contributed by atoms with Crippen LogP contribution < -0.4 is 16.0 Å². The third-order valence-electron chi connectivity index (χ3n) is 2.78. The predicted octanol–water partition coefficient (Wildman–Crippen LogP) is 0.399. The van der Waals surface area contributed by atoms with Gasteiger partial charge in [-0.05, 0) is 29.9 Å². The molecule has 2 rings (SSSR count). The highest BCUT2D eigenvalue weighted by Crippen LogP contribution is 2.23. The van der Waals surface area contributed by atoms with Crippen molar-refractivity contribution in [1.29, 1.82) is 0 Å². The van der Waals surface area contributed by atoms with Gasteiger partial charge >= 0.3 is 0 Å². The molecule has 2 heterocycles. The molecule has 0 spiro atoms. The van der Waals surface area contributed by atoms with Crippen LogP contribution in [0.25, 0.3) is 0 Å². The standard InChI is InChI=1S/C10H16N4O2S2/c11-14-10-5-9(1-3-12-10)18(15,16)13-6-8-2-4-17-7-8/h1,3,5,8,13H,2,4,6-7,11H2,(H,12,14). The fourth-order valence-corrected chi connectivity index (χ4v) is 4.13. The van der Waals surface area contributed by atoms with Crippen molar-refractivity contribution >= 4 is 27.6 Å². The summed E-state index contributed by atoms with van der Waals surface area (Å²) in [5.74, 6) is 8.10. The maximum atomic E-state index is 12.0. The fourth-order valence-electron chi connectivity index (χ4n) is 1.71. The second-order valence-electron chi connectivity index (χ2n) is 4.10. The number of pyridine rings is 1. The maximum absolute atomic E-state index is 12.0. The van der Waals surface area contributed by atoms with Gasteiger partial charge in [-0.25, -0.2) is 24.0 Å². The van der Waals surface area contributed by atoms with Gasteiger partial charge < -0.3 is 5.43 Å². The number of nitrogens with zero attached hydrogens (tertiary/aromatic N) is 1. The number of hydrogen-bond acceptors (Lipinski definition) is 6. The Kier molecular flexibility index (Phi) is 4.44. The summed E-state index contributed by atoms with van der Waals surface area (Å²) in [6, 6.07) is 2.86. The Hall–Kier alpha value is -0.830. The van der Waals surface area contributed by atoms with Crippen LogP contribution in [0.1, 0.15) is 6.42 Å². The molecular weight excluding hydrogens is 272 g/mol. The fraction of sp³-hybridized carbons (Fsp3) is 0.500. The van der Waals surface area contributed by atoms with Crippen LogP contribution in [-0.2, 0) is 10.0 Å². The van der Waals surface area contributed by atoms with Crippen molar-refractivity contribution in [2.24, 2.45) is 11.8 Å². The van der Waals surface area contributed by atoms with Gasteiger partial charge in [0.1, 0.15) is 5.82 Å². The lowest BCUT2D eigenvalue weighted by molar-refractivity contribution is 0.546. The molecule has 0 aromatic carbocycles. The van der Waals surface area contributed by atoms with Crippen LogP contribution in [0.15, 0.2) is 23.2 Å². The average molecular weight is 288 g/mol. The normalized spacial score (nSPS) is 19.9. The first kappa shape index (κ1) is 13.6. The van der Waals surface area contributed by atoms with Crippen LogP contribution in [0.2, 0.25) is 0 Å². The molecule has 100 valence electrons. The summed E-state index contributed by atoms with van der Waals surface area (Å²) >= 11 is 1.86. The van der Waals surface area contributed by atoms with Crippen LogP contribution >= 0.6 is 11.8 Å². The van der Waals surface area contributed by atoms with E-state index in [0.29, 0.717) is 18.3 Å². The SMILES string of the molecule is NNc1cc(S(=O)(=O)NCC2CCSC2)ccn1. The molecule has 1 atom stereocenters. The number of hydrogen-bond donors (Lipinski definition) is 3. The number of anilines is 1. The third-order valence-corrected chi connectivity index (χ3v) is 5.43.